The van der Waals surface area contributed by atoms with Crippen LogP contribution in [-0.4, -0.2) is 67.7 Å². The summed E-state index contributed by atoms with van der Waals surface area (Å²) in [5.74, 6) is -0.661. The monoisotopic (exact) mass is 641 g/mol. The van der Waals surface area contributed by atoms with Crippen molar-refractivity contribution in [3.63, 3.8) is 0 Å². The number of aryl methyl sites for hydroxylation is 1. The smallest absolute Gasteiger partial charge is 0.387 e. The van der Waals surface area contributed by atoms with Crippen LogP contribution in [0.15, 0.2) is 28.7 Å². The van der Waals surface area contributed by atoms with E-state index < -0.39 is 30.5 Å². The maximum absolute atomic E-state index is 13.5. The first-order chi connectivity index (χ1) is 19.7. The van der Waals surface area contributed by atoms with Crippen molar-refractivity contribution in [1.82, 2.24) is 15.1 Å². The predicted octanol–water partition coefficient (Wildman–Crippen LogP) is 5.77. The van der Waals surface area contributed by atoms with Gasteiger partial charge in [-0.1, -0.05) is 15.9 Å². The van der Waals surface area contributed by atoms with Gasteiger partial charge in [0.15, 0.2) is 6.29 Å². The molecular formula is C28H31BrF3N3O6. The normalized spacial score (nSPS) is 20.3. The Kier molecular flexibility index (Phi) is 9.25. The summed E-state index contributed by atoms with van der Waals surface area (Å²) in [6.45, 7) is -1.68. The van der Waals surface area contributed by atoms with Gasteiger partial charge < -0.3 is 29.0 Å². The molecule has 3 aromatic rings. The highest BCUT2D eigenvalue weighted by Crippen LogP contribution is 2.42. The Balaban J connectivity index is 1.45. The number of aromatic nitrogens is 2. The van der Waals surface area contributed by atoms with Crippen LogP contribution in [0.2, 0.25) is 0 Å². The summed E-state index contributed by atoms with van der Waals surface area (Å²) < 4.78 is 70.4. The molecule has 1 saturated carbocycles. The van der Waals surface area contributed by atoms with Crippen molar-refractivity contribution >= 4 is 32.7 Å². The van der Waals surface area contributed by atoms with Crippen LogP contribution in [0.5, 0.6) is 17.2 Å². The van der Waals surface area contributed by atoms with Gasteiger partial charge in [0.05, 0.1) is 43.0 Å². The van der Waals surface area contributed by atoms with E-state index in [1.54, 1.807) is 17.8 Å². The molecule has 5 rings (SSSR count). The topological polar surface area (TPSA) is 93.1 Å². The highest BCUT2D eigenvalue weighted by atomic mass is 79.9. The van der Waals surface area contributed by atoms with Crippen LogP contribution < -0.4 is 19.5 Å². The van der Waals surface area contributed by atoms with Gasteiger partial charge in [-0.2, -0.15) is 13.9 Å². The lowest BCUT2D eigenvalue weighted by Crippen LogP contribution is -2.28. The highest BCUT2D eigenvalue weighted by Gasteiger charge is 2.40. The number of alkyl halides is 3. The van der Waals surface area contributed by atoms with Gasteiger partial charge in [0.2, 0.25) is 0 Å². The van der Waals surface area contributed by atoms with Crippen molar-refractivity contribution in [3.05, 3.63) is 34.3 Å². The minimum atomic E-state index is -3.21. The molecule has 1 aliphatic heterocycles. The van der Waals surface area contributed by atoms with Crippen molar-refractivity contribution in [2.75, 3.05) is 26.9 Å². The van der Waals surface area contributed by atoms with Crippen LogP contribution >= 0.6 is 15.9 Å². The van der Waals surface area contributed by atoms with Crippen molar-refractivity contribution in [2.24, 2.45) is 7.05 Å². The quantitative estimate of drug-likeness (QED) is 0.251. The average Bonchev–Trinajstić information content (AvgIpc) is 3.51. The number of hydrogen-bond donors (Lipinski definition) is 1. The number of nitrogens with zero attached hydrogens (tertiary/aromatic N) is 2. The van der Waals surface area contributed by atoms with E-state index in [0.717, 1.165) is 23.7 Å². The molecule has 13 heteroatoms. The molecule has 1 saturated heterocycles. The molecule has 1 amide bonds. The molecule has 222 valence electrons. The molecule has 41 heavy (non-hydrogen) atoms. The summed E-state index contributed by atoms with van der Waals surface area (Å²) in [6, 6.07) is 5.80. The van der Waals surface area contributed by atoms with E-state index in [4.69, 9.17) is 23.7 Å². The average molecular weight is 642 g/mol. The van der Waals surface area contributed by atoms with Gasteiger partial charge in [0.1, 0.15) is 29.0 Å². The molecule has 9 nitrogen and oxygen atoms in total. The van der Waals surface area contributed by atoms with Gasteiger partial charge in [-0.25, -0.2) is 4.39 Å². The summed E-state index contributed by atoms with van der Waals surface area (Å²) in [5.41, 5.74) is 1.28. The molecule has 0 radical (unpaired) electrons. The lowest BCUT2D eigenvalue weighted by Gasteiger charge is -2.22. The molecule has 2 aromatic carbocycles. The number of benzene rings is 2. The molecule has 2 aliphatic rings. The van der Waals surface area contributed by atoms with E-state index in [2.05, 4.69) is 26.3 Å². The maximum atomic E-state index is 13.5. The van der Waals surface area contributed by atoms with Crippen LogP contribution in [0, 0.1) is 0 Å². The zero-order chi connectivity index (χ0) is 29.1. The number of ether oxygens (including phenoxy) is 5. The zero-order valence-electron chi connectivity index (χ0n) is 22.6. The fourth-order valence-corrected chi connectivity index (χ4v) is 5.28. The fraction of sp³-hybridized carbons (Fsp3) is 0.500. The van der Waals surface area contributed by atoms with E-state index in [0.29, 0.717) is 54.2 Å². The fourth-order valence-electron chi connectivity index (χ4n) is 4.86. The Bertz CT molecular complexity index is 1400. The van der Waals surface area contributed by atoms with Crippen LogP contribution in [0.1, 0.15) is 42.5 Å². The number of carbonyl (C=O) groups is 1. The minimum absolute atomic E-state index is 0.0114. The lowest BCUT2D eigenvalue weighted by molar-refractivity contribution is -0.163. The second-order valence-electron chi connectivity index (χ2n) is 9.90. The number of methoxy groups -OCH3 is 1. The molecule has 2 heterocycles. The predicted molar refractivity (Wildman–Crippen MR) is 147 cm³/mol. The van der Waals surface area contributed by atoms with E-state index in [1.807, 2.05) is 6.07 Å². The van der Waals surface area contributed by atoms with Gasteiger partial charge in [0.25, 0.3) is 5.91 Å². The summed E-state index contributed by atoms with van der Waals surface area (Å²) in [5, 5.41) is 7.72. The minimum Gasteiger partial charge on any atom is -0.496 e. The third-order valence-corrected chi connectivity index (χ3v) is 7.34. The third kappa shape index (κ3) is 6.90. The second-order valence-corrected chi connectivity index (χ2v) is 10.8. The van der Waals surface area contributed by atoms with Crippen molar-refractivity contribution in [3.8, 4) is 28.5 Å². The first kappa shape index (κ1) is 29.5. The van der Waals surface area contributed by atoms with E-state index in [-0.39, 0.29) is 24.0 Å². The molecule has 0 bridgehead atoms. The van der Waals surface area contributed by atoms with Crippen LogP contribution in [0.25, 0.3) is 22.2 Å². The molecule has 1 N–H and O–H groups in total. The van der Waals surface area contributed by atoms with Crippen molar-refractivity contribution < 1.29 is 41.7 Å². The summed E-state index contributed by atoms with van der Waals surface area (Å²) in [7, 11) is 3.02. The van der Waals surface area contributed by atoms with Crippen LogP contribution in [0.3, 0.4) is 0 Å². The van der Waals surface area contributed by atoms with Gasteiger partial charge in [-0.05, 0) is 43.5 Å². The standard InChI is InChI=1S/C28H31BrF3N3O6/c1-35-26(15-10-20(37-2)25(22(11-15)41-28(31)32)27(36)33-18-14-17(18)30)24-19(34-35)12-16(29)13-21(24)38-8-5-9-40-23-6-3-4-7-39-23/h10-13,17-18,23,28H,3-9,14H2,1-2H3,(H,33,36)/t17-,18+,23?/m0/s1. The van der Waals surface area contributed by atoms with Crippen molar-refractivity contribution in [2.45, 2.75) is 57.2 Å². The first-order valence-electron chi connectivity index (χ1n) is 13.4. The van der Waals surface area contributed by atoms with Crippen LogP contribution in [-0.2, 0) is 16.5 Å². The van der Waals surface area contributed by atoms with Gasteiger partial charge >= 0.3 is 6.61 Å². The number of carbonyl (C=O) groups excluding carboxylic acids is 1. The molecule has 1 unspecified atom stereocenters. The zero-order valence-corrected chi connectivity index (χ0v) is 24.2. The van der Waals surface area contributed by atoms with Gasteiger partial charge in [0, 0.05) is 36.5 Å². The van der Waals surface area contributed by atoms with Crippen molar-refractivity contribution in [1.29, 1.82) is 0 Å². The lowest BCUT2D eigenvalue weighted by atomic mass is 10.0. The molecule has 3 atom stereocenters. The molecule has 0 spiro atoms. The SMILES string of the molecule is COc1cc(-c2c3c(OCCCOC4CCCCO4)cc(Br)cc3nn2C)cc(OC(F)F)c1C(=O)N[C@@H]1C[C@@H]1F. The number of halogens is 4. The van der Waals surface area contributed by atoms with Gasteiger partial charge in [-0.15, -0.1) is 0 Å². The summed E-state index contributed by atoms with van der Waals surface area (Å²) >= 11 is 3.50. The van der Waals surface area contributed by atoms with E-state index >= 15 is 0 Å². The molecule has 1 aliphatic carbocycles. The number of fused-ring (bicyclic) bond motifs is 1. The molecule has 2 fully saturated rings. The highest BCUT2D eigenvalue weighted by molar-refractivity contribution is 9.10. The Morgan fingerprint density at radius 1 is 1.20 bits per heavy atom. The first-order valence-corrected chi connectivity index (χ1v) is 14.2. The van der Waals surface area contributed by atoms with E-state index in [9.17, 15) is 18.0 Å². The summed E-state index contributed by atoms with van der Waals surface area (Å²) in [4.78, 5) is 12.9. The Morgan fingerprint density at radius 2 is 1.98 bits per heavy atom. The molecular weight excluding hydrogens is 611 g/mol. The van der Waals surface area contributed by atoms with E-state index in [1.165, 1.54) is 19.2 Å². The number of hydrogen-bond acceptors (Lipinski definition) is 7. The number of nitrogens with one attached hydrogen (secondary N) is 1. The number of amides is 1. The third-order valence-electron chi connectivity index (χ3n) is 6.88. The molecule has 1 aromatic heterocycles. The largest absolute Gasteiger partial charge is 0.496 e. The van der Waals surface area contributed by atoms with Gasteiger partial charge in [-0.3, -0.25) is 9.48 Å². The second kappa shape index (κ2) is 12.9. The van der Waals surface area contributed by atoms with Crippen LogP contribution in [0.4, 0.5) is 13.2 Å². The number of rotatable bonds is 12. The Hall–Kier alpha value is -3.03. The Labute approximate surface area is 243 Å². The summed E-state index contributed by atoms with van der Waals surface area (Å²) in [6.07, 6.45) is 2.44. The maximum Gasteiger partial charge on any atom is 0.387 e. The Morgan fingerprint density at radius 3 is 2.66 bits per heavy atom.